The van der Waals surface area contributed by atoms with Gasteiger partial charge in [0.15, 0.2) is 11.3 Å². The molecule has 0 bridgehead atoms. The van der Waals surface area contributed by atoms with Crippen molar-refractivity contribution in [2.24, 2.45) is 0 Å². The first-order chi connectivity index (χ1) is 10.8. The normalized spacial score (nSPS) is 11.7. The van der Waals surface area contributed by atoms with Crippen LogP contribution in [0.1, 0.15) is 26.3 Å². The zero-order valence-corrected chi connectivity index (χ0v) is 11.2. The third-order valence-electron chi connectivity index (χ3n) is 3.56. The number of nitro benzene ring substituents is 2. The molecule has 0 radical (unpaired) electrons. The summed E-state index contributed by atoms with van der Waals surface area (Å²) in [5, 5.41) is 31.6. The molecule has 0 aromatic heterocycles. The molecule has 0 aliphatic heterocycles. The largest absolute Gasteiger partial charge is 0.477 e. The first kappa shape index (κ1) is 14.3. The Morgan fingerprint density at radius 1 is 1.00 bits per heavy atom. The van der Waals surface area contributed by atoms with E-state index in [4.69, 9.17) is 0 Å². The standard InChI is InChI=1S/C14H6N2O7/c17-13-7-4-2-1-3-6(7)8-5-9(15(20)21)12(16(22)23)11(10(8)13)14(18)19/h1-5H,(H,18,19). The average Bonchev–Trinajstić information content (AvgIpc) is 2.78. The number of carbonyl (C=O) groups is 2. The van der Waals surface area contributed by atoms with Crippen molar-refractivity contribution < 1.29 is 24.5 Å². The molecule has 0 amide bonds. The number of carboxylic acid groups (broad SMARTS) is 1. The van der Waals surface area contributed by atoms with Gasteiger partial charge in [-0.15, -0.1) is 0 Å². The maximum atomic E-state index is 12.4. The van der Waals surface area contributed by atoms with Gasteiger partial charge in [-0.2, -0.15) is 0 Å². The third kappa shape index (κ3) is 1.87. The topological polar surface area (TPSA) is 141 Å². The van der Waals surface area contributed by atoms with Crippen molar-refractivity contribution >= 4 is 23.1 Å². The van der Waals surface area contributed by atoms with E-state index in [0.717, 1.165) is 6.07 Å². The highest BCUT2D eigenvalue weighted by molar-refractivity contribution is 6.26. The first-order valence-electron chi connectivity index (χ1n) is 6.21. The van der Waals surface area contributed by atoms with Gasteiger partial charge in [0.2, 0.25) is 0 Å². The molecule has 0 saturated heterocycles. The molecular weight excluding hydrogens is 308 g/mol. The summed E-state index contributed by atoms with van der Waals surface area (Å²) >= 11 is 0. The Labute approximate surface area is 127 Å². The number of nitro groups is 2. The van der Waals surface area contributed by atoms with Crippen molar-refractivity contribution in [2.75, 3.05) is 0 Å². The fraction of sp³-hybridized carbons (Fsp3) is 0. The van der Waals surface area contributed by atoms with Gasteiger partial charge in [0.1, 0.15) is 0 Å². The molecule has 0 saturated carbocycles. The molecule has 0 unspecified atom stereocenters. The Hall–Kier alpha value is -3.62. The van der Waals surface area contributed by atoms with E-state index in [2.05, 4.69) is 0 Å². The summed E-state index contributed by atoms with van der Waals surface area (Å²) in [5.41, 5.74) is -3.03. The molecule has 9 nitrogen and oxygen atoms in total. The van der Waals surface area contributed by atoms with Crippen molar-refractivity contribution in [3.63, 3.8) is 0 Å². The van der Waals surface area contributed by atoms with Crippen molar-refractivity contribution in [1.29, 1.82) is 0 Å². The molecule has 1 N–H and O–H groups in total. The highest BCUT2D eigenvalue weighted by Crippen LogP contribution is 2.45. The molecule has 114 valence electrons. The molecular formula is C14H6N2O7. The predicted octanol–water partition coefficient (Wildman–Crippen LogP) is 2.41. The minimum Gasteiger partial charge on any atom is -0.477 e. The SMILES string of the molecule is O=C1c2ccccc2-c2cc([N+](=O)[O-])c([N+](=O)[O-])c(C(=O)O)c21. The van der Waals surface area contributed by atoms with Gasteiger partial charge >= 0.3 is 17.3 Å². The lowest BCUT2D eigenvalue weighted by molar-refractivity contribution is -0.422. The average molecular weight is 314 g/mol. The second-order valence-corrected chi connectivity index (χ2v) is 4.74. The van der Waals surface area contributed by atoms with Gasteiger partial charge in [-0.1, -0.05) is 24.3 Å². The number of fused-ring (bicyclic) bond motifs is 3. The minimum absolute atomic E-state index is 0.0142. The summed E-state index contributed by atoms with van der Waals surface area (Å²) in [6, 6.07) is 6.94. The van der Waals surface area contributed by atoms with Crippen LogP contribution in [0.3, 0.4) is 0 Å². The zero-order chi connectivity index (χ0) is 16.9. The molecule has 0 heterocycles. The highest BCUT2D eigenvalue weighted by atomic mass is 16.6. The van der Waals surface area contributed by atoms with Crippen molar-refractivity contribution in [2.45, 2.75) is 0 Å². The predicted molar refractivity (Wildman–Crippen MR) is 75.6 cm³/mol. The van der Waals surface area contributed by atoms with Crippen LogP contribution in [-0.4, -0.2) is 26.7 Å². The Morgan fingerprint density at radius 2 is 1.61 bits per heavy atom. The van der Waals surface area contributed by atoms with E-state index in [9.17, 15) is 34.9 Å². The summed E-state index contributed by atoms with van der Waals surface area (Å²) in [6.45, 7) is 0. The minimum atomic E-state index is -1.77. The molecule has 0 fully saturated rings. The lowest BCUT2D eigenvalue weighted by Crippen LogP contribution is -2.12. The van der Waals surface area contributed by atoms with Gasteiger partial charge in [0.25, 0.3) is 0 Å². The number of hydrogen-bond acceptors (Lipinski definition) is 6. The van der Waals surface area contributed by atoms with E-state index in [0.29, 0.717) is 5.56 Å². The van der Waals surface area contributed by atoms with Gasteiger partial charge in [0, 0.05) is 17.2 Å². The maximum Gasteiger partial charge on any atom is 0.361 e. The van der Waals surface area contributed by atoms with Gasteiger partial charge in [-0.3, -0.25) is 25.0 Å². The molecule has 2 aromatic carbocycles. The molecule has 0 spiro atoms. The quantitative estimate of drug-likeness (QED) is 0.578. The van der Waals surface area contributed by atoms with E-state index in [-0.39, 0.29) is 11.1 Å². The van der Waals surface area contributed by atoms with Crippen molar-refractivity contribution in [3.8, 4) is 11.1 Å². The fourth-order valence-corrected chi connectivity index (χ4v) is 2.69. The summed E-state index contributed by atoms with van der Waals surface area (Å²) in [4.78, 5) is 44.0. The maximum absolute atomic E-state index is 12.4. The lowest BCUT2D eigenvalue weighted by atomic mass is 9.97. The highest BCUT2D eigenvalue weighted by Gasteiger charge is 2.42. The number of carbonyl (C=O) groups excluding carboxylic acids is 1. The van der Waals surface area contributed by atoms with E-state index < -0.39 is 44.1 Å². The van der Waals surface area contributed by atoms with Gasteiger partial charge < -0.3 is 5.11 Å². The number of hydrogen-bond donors (Lipinski definition) is 1. The monoisotopic (exact) mass is 314 g/mol. The second kappa shape index (κ2) is 4.70. The van der Waals surface area contributed by atoms with Crippen LogP contribution < -0.4 is 0 Å². The van der Waals surface area contributed by atoms with Gasteiger partial charge in [-0.25, -0.2) is 4.79 Å². The van der Waals surface area contributed by atoms with E-state index in [1.807, 2.05) is 0 Å². The summed E-state index contributed by atoms with van der Waals surface area (Å²) < 4.78 is 0. The summed E-state index contributed by atoms with van der Waals surface area (Å²) in [5.74, 6) is -2.47. The van der Waals surface area contributed by atoms with Crippen LogP contribution in [0.2, 0.25) is 0 Å². The molecule has 2 aromatic rings. The van der Waals surface area contributed by atoms with E-state index >= 15 is 0 Å². The fourth-order valence-electron chi connectivity index (χ4n) is 2.69. The van der Waals surface area contributed by atoms with E-state index in [1.54, 1.807) is 12.1 Å². The Kier molecular flexibility index (Phi) is 2.93. The summed E-state index contributed by atoms with van der Waals surface area (Å²) in [6.07, 6.45) is 0. The van der Waals surface area contributed by atoms with Crippen LogP contribution in [0.4, 0.5) is 11.4 Å². The van der Waals surface area contributed by atoms with Gasteiger partial charge in [-0.05, 0) is 5.56 Å². The first-order valence-corrected chi connectivity index (χ1v) is 6.21. The van der Waals surface area contributed by atoms with Crippen LogP contribution in [0.15, 0.2) is 30.3 Å². The second-order valence-electron chi connectivity index (χ2n) is 4.74. The molecule has 1 aliphatic carbocycles. The van der Waals surface area contributed by atoms with E-state index in [1.165, 1.54) is 12.1 Å². The third-order valence-corrected chi connectivity index (χ3v) is 3.56. The van der Waals surface area contributed by atoms with Crippen LogP contribution in [0.5, 0.6) is 0 Å². The van der Waals surface area contributed by atoms with Crippen LogP contribution in [0, 0.1) is 20.2 Å². The van der Waals surface area contributed by atoms with Crippen LogP contribution >= 0.6 is 0 Å². The summed E-state index contributed by atoms with van der Waals surface area (Å²) in [7, 11) is 0. The molecule has 1 aliphatic rings. The number of carboxylic acids is 1. The van der Waals surface area contributed by atoms with Crippen molar-refractivity contribution in [1.82, 2.24) is 0 Å². The number of ketones is 1. The van der Waals surface area contributed by atoms with Gasteiger partial charge in [0.05, 0.1) is 15.4 Å². The lowest BCUT2D eigenvalue weighted by Gasteiger charge is -2.05. The Balaban J connectivity index is 2.52. The Bertz CT molecular complexity index is 933. The number of aromatic carboxylic acids is 1. The van der Waals surface area contributed by atoms with Crippen LogP contribution in [-0.2, 0) is 0 Å². The van der Waals surface area contributed by atoms with Crippen molar-refractivity contribution in [3.05, 3.63) is 67.3 Å². The number of nitrogens with zero attached hydrogens (tertiary/aromatic N) is 2. The molecule has 0 atom stereocenters. The molecule has 23 heavy (non-hydrogen) atoms. The molecule has 9 heteroatoms. The zero-order valence-electron chi connectivity index (χ0n) is 11.2. The number of benzene rings is 2. The molecule has 3 rings (SSSR count). The smallest absolute Gasteiger partial charge is 0.361 e. The number of rotatable bonds is 3. The Morgan fingerprint density at radius 3 is 2.13 bits per heavy atom. The van der Waals surface area contributed by atoms with Crippen LogP contribution in [0.25, 0.3) is 11.1 Å².